The topological polar surface area (TPSA) is 64.5 Å². The van der Waals surface area contributed by atoms with Crippen molar-refractivity contribution in [3.8, 4) is 11.5 Å². The maximum absolute atomic E-state index is 8.93. The van der Waals surface area contributed by atoms with Crippen molar-refractivity contribution in [2.24, 2.45) is 0 Å². The maximum Gasteiger partial charge on any atom is 0.138 e. The molecule has 20 heavy (non-hydrogen) atoms. The third-order valence-electron chi connectivity index (χ3n) is 3.08. The molecule has 5 heteroatoms. The summed E-state index contributed by atoms with van der Waals surface area (Å²) < 4.78 is 11.0. The van der Waals surface area contributed by atoms with Crippen LogP contribution < -0.4 is 9.47 Å². The van der Waals surface area contributed by atoms with Crippen molar-refractivity contribution in [3.63, 3.8) is 0 Å². The van der Waals surface area contributed by atoms with Gasteiger partial charge >= 0.3 is 0 Å². The summed E-state index contributed by atoms with van der Waals surface area (Å²) in [4.78, 5) is 8.43. The minimum atomic E-state index is -0.0733. The molecule has 106 valence electrons. The van der Waals surface area contributed by atoms with E-state index in [0.29, 0.717) is 18.1 Å². The molecule has 5 nitrogen and oxygen atoms in total. The zero-order valence-corrected chi connectivity index (χ0v) is 11.9. The van der Waals surface area contributed by atoms with E-state index in [9.17, 15) is 0 Å². The molecule has 0 aliphatic rings. The van der Waals surface area contributed by atoms with Crippen LogP contribution in [0.2, 0.25) is 0 Å². The first-order valence-electron chi connectivity index (χ1n) is 6.33. The SMILES string of the molecule is COc1c(C)cnc(COc2ccc(CO)nc2)c1C. The molecule has 2 rings (SSSR count). The first-order chi connectivity index (χ1) is 9.65. The summed E-state index contributed by atoms with van der Waals surface area (Å²) in [5.74, 6) is 1.48. The lowest BCUT2D eigenvalue weighted by Crippen LogP contribution is -2.04. The van der Waals surface area contributed by atoms with Crippen molar-refractivity contribution in [2.75, 3.05) is 7.11 Å². The summed E-state index contributed by atoms with van der Waals surface area (Å²) in [5, 5.41) is 8.93. The van der Waals surface area contributed by atoms with Gasteiger partial charge in [-0.15, -0.1) is 0 Å². The maximum atomic E-state index is 8.93. The van der Waals surface area contributed by atoms with Crippen molar-refractivity contribution in [2.45, 2.75) is 27.1 Å². The highest BCUT2D eigenvalue weighted by Crippen LogP contribution is 2.24. The molecule has 0 bridgehead atoms. The van der Waals surface area contributed by atoms with Crippen molar-refractivity contribution in [1.29, 1.82) is 0 Å². The van der Waals surface area contributed by atoms with Gasteiger partial charge in [-0.25, -0.2) is 0 Å². The van der Waals surface area contributed by atoms with E-state index in [1.807, 2.05) is 13.8 Å². The van der Waals surface area contributed by atoms with Gasteiger partial charge in [-0.05, 0) is 26.0 Å². The Bertz CT molecular complexity index is 582. The molecular weight excluding hydrogens is 256 g/mol. The molecule has 0 fully saturated rings. The summed E-state index contributed by atoms with van der Waals surface area (Å²) in [6.07, 6.45) is 3.37. The van der Waals surface area contributed by atoms with E-state index in [0.717, 1.165) is 22.6 Å². The molecule has 0 saturated heterocycles. The van der Waals surface area contributed by atoms with Crippen LogP contribution in [0.1, 0.15) is 22.5 Å². The first-order valence-corrected chi connectivity index (χ1v) is 6.33. The quantitative estimate of drug-likeness (QED) is 0.905. The number of pyridine rings is 2. The summed E-state index contributed by atoms with van der Waals surface area (Å²) >= 11 is 0. The van der Waals surface area contributed by atoms with Gasteiger partial charge < -0.3 is 14.6 Å². The summed E-state index contributed by atoms with van der Waals surface area (Å²) in [5.41, 5.74) is 3.43. The van der Waals surface area contributed by atoms with Crippen molar-refractivity contribution < 1.29 is 14.6 Å². The molecule has 0 radical (unpaired) electrons. The molecular formula is C15H18N2O3. The zero-order valence-electron chi connectivity index (χ0n) is 11.9. The number of hydrogen-bond acceptors (Lipinski definition) is 5. The van der Waals surface area contributed by atoms with E-state index >= 15 is 0 Å². The van der Waals surface area contributed by atoms with E-state index in [1.54, 1.807) is 31.6 Å². The molecule has 2 aromatic heterocycles. The fourth-order valence-electron chi connectivity index (χ4n) is 1.96. The van der Waals surface area contributed by atoms with E-state index < -0.39 is 0 Å². The third-order valence-corrected chi connectivity index (χ3v) is 3.08. The van der Waals surface area contributed by atoms with E-state index in [-0.39, 0.29) is 6.61 Å². The monoisotopic (exact) mass is 274 g/mol. The molecule has 0 aromatic carbocycles. The minimum Gasteiger partial charge on any atom is -0.496 e. The van der Waals surface area contributed by atoms with Crippen LogP contribution in [0.15, 0.2) is 24.5 Å². The van der Waals surface area contributed by atoms with Crippen LogP contribution in [-0.2, 0) is 13.2 Å². The van der Waals surface area contributed by atoms with Gasteiger partial charge in [0.25, 0.3) is 0 Å². The number of nitrogens with zero attached hydrogens (tertiary/aromatic N) is 2. The zero-order chi connectivity index (χ0) is 14.5. The lowest BCUT2D eigenvalue weighted by molar-refractivity contribution is 0.274. The van der Waals surface area contributed by atoms with Gasteiger partial charge in [0.15, 0.2) is 0 Å². The van der Waals surface area contributed by atoms with Gasteiger partial charge in [0.2, 0.25) is 0 Å². The summed E-state index contributed by atoms with van der Waals surface area (Å²) in [7, 11) is 1.65. The van der Waals surface area contributed by atoms with Crippen molar-refractivity contribution in [3.05, 3.63) is 47.0 Å². The number of rotatable bonds is 5. The van der Waals surface area contributed by atoms with E-state index in [2.05, 4.69) is 9.97 Å². The number of hydrogen-bond donors (Lipinski definition) is 1. The molecule has 0 amide bonds. The second-order valence-electron chi connectivity index (χ2n) is 4.48. The van der Waals surface area contributed by atoms with Crippen molar-refractivity contribution >= 4 is 0 Å². The standard InChI is InChI=1S/C15H18N2O3/c1-10-6-17-14(11(2)15(10)19-3)9-20-13-5-4-12(8-18)16-7-13/h4-7,18H,8-9H2,1-3H3. The average molecular weight is 274 g/mol. The summed E-state index contributed by atoms with van der Waals surface area (Å²) in [6, 6.07) is 3.50. The predicted molar refractivity (Wildman–Crippen MR) is 74.8 cm³/mol. The lowest BCUT2D eigenvalue weighted by Gasteiger charge is -2.13. The third kappa shape index (κ3) is 3.05. The number of aryl methyl sites for hydroxylation is 1. The molecule has 1 N–H and O–H groups in total. The van der Waals surface area contributed by atoms with Crippen LogP contribution in [0.3, 0.4) is 0 Å². The highest BCUT2D eigenvalue weighted by Gasteiger charge is 2.10. The predicted octanol–water partition coefficient (Wildman–Crippen LogP) is 2.17. The van der Waals surface area contributed by atoms with E-state index in [4.69, 9.17) is 14.6 Å². The Morgan fingerprint density at radius 3 is 2.55 bits per heavy atom. The van der Waals surface area contributed by atoms with Gasteiger partial charge in [-0.3, -0.25) is 9.97 Å². The Morgan fingerprint density at radius 2 is 1.95 bits per heavy atom. The Morgan fingerprint density at radius 1 is 1.15 bits per heavy atom. The Kier molecular flexibility index (Phi) is 4.53. The van der Waals surface area contributed by atoms with Gasteiger partial charge in [-0.1, -0.05) is 0 Å². The van der Waals surface area contributed by atoms with Gasteiger partial charge in [-0.2, -0.15) is 0 Å². The number of aliphatic hydroxyl groups excluding tert-OH is 1. The van der Waals surface area contributed by atoms with Gasteiger partial charge in [0, 0.05) is 17.3 Å². The van der Waals surface area contributed by atoms with Crippen molar-refractivity contribution in [1.82, 2.24) is 9.97 Å². The first kappa shape index (κ1) is 14.3. The number of ether oxygens (including phenoxy) is 2. The molecule has 2 aromatic rings. The Hall–Kier alpha value is -2.14. The van der Waals surface area contributed by atoms with Gasteiger partial charge in [0.1, 0.15) is 18.1 Å². The van der Waals surface area contributed by atoms with E-state index in [1.165, 1.54) is 0 Å². The fraction of sp³-hybridized carbons (Fsp3) is 0.333. The fourth-order valence-corrected chi connectivity index (χ4v) is 1.96. The number of aliphatic hydroxyl groups is 1. The lowest BCUT2D eigenvalue weighted by atomic mass is 10.1. The molecule has 0 aliphatic carbocycles. The number of aromatic nitrogens is 2. The molecule has 0 unspecified atom stereocenters. The Labute approximate surface area is 118 Å². The highest BCUT2D eigenvalue weighted by molar-refractivity contribution is 5.41. The molecule has 0 atom stereocenters. The largest absolute Gasteiger partial charge is 0.496 e. The molecule has 0 spiro atoms. The molecule has 2 heterocycles. The molecule has 0 saturated carbocycles. The summed E-state index contributed by atoms with van der Waals surface area (Å²) in [6.45, 7) is 4.20. The second kappa shape index (κ2) is 6.34. The normalized spacial score (nSPS) is 10.4. The van der Waals surface area contributed by atoms with Crippen LogP contribution >= 0.6 is 0 Å². The second-order valence-corrected chi connectivity index (χ2v) is 4.48. The smallest absolute Gasteiger partial charge is 0.138 e. The average Bonchev–Trinajstić information content (AvgIpc) is 2.47. The van der Waals surface area contributed by atoms with Crippen LogP contribution in [0.4, 0.5) is 0 Å². The van der Waals surface area contributed by atoms with Crippen LogP contribution in [0, 0.1) is 13.8 Å². The number of methoxy groups -OCH3 is 1. The van der Waals surface area contributed by atoms with Crippen LogP contribution in [0.25, 0.3) is 0 Å². The molecule has 0 aliphatic heterocycles. The van der Waals surface area contributed by atoms with Crippen LogP contribution in [-0.4, -0.2) is 22.2 Å². The van der Waals surface area contributed by atoms with Crippen LogP contribution in [0.5, 0.6) is 11.5 Å². The minimum absolute atomic E-state index is 0.0733. The highest BCUT2D eigenvalue weighted by atomic mass is 16.5. The van der Waals surface area contributed by atoms with Gasteiger partial charge in [0.05, 0.1) is 31.3 Å². The Balaban J connectivity index is 2.10.